The number of carbonyl (C=O) groups excluding carboxylic acids is 2. The van der Waals surface area contributed by atoms with Crippen molar-refractivity contribution in [3.8, 4) is 0 Å². The van der Waals surface area contributed by atoms with E-state index in [1.54, 1.807) is 6.07 Å². The molecule has 1 atom stereocenters. The Kier molecular flexibility index (Phi) is 7.92. The third kappa shape index (κ3) is 5.90. The second kappa shape index (κ2) is 10.8. The number of nitrogens with zero attached hydrogens (tertiary/aromatic N) is 2. The van der Waals surface area contributed by atoms with Crippen LogP contribution in [-0.4, -0.2) is 33.9 Å². The Balaban J connectivity index is 1.71. The number of aromatic nitrogens is 1. The lowest BCUT2D eigenvalue weighted by Gasteiger charge is -2.23. The van der Waals surface area contributed by atoms with Crippen LogP contribution >= 0.6 is 0 Å². The molecule has 1 unspecified atom stereocenters. The third-order valence-electron chi connectivity index (χ3n) is 5.56. The van der Waals surface area contributed by atoms with Crippen LogP contribution in [-0.2, 0) is 13.1 Å². The van der Waals surface area contributed by atoms with Crippen LogP contribution in [0.25, 0.3) is 0 Å². The standard InChI is InChI=1S/C26H33N3O3/c1-5-15-29(26(31)21-11-9-19(3)10-12-21)17-22-8-7-16-28(22)18-23-13-14-24(32-23)25(30)27-20(4)6-2/h7-14,16,20H,5-6,15,17-18H2,1-4H3,(H,27,30). The number of nitrogens with one attached hydrogen (secondary N) is 1. The Morgan fingerprint density at radius 3 is 2.53 bits per heavy atom. The van der Waals surface area contributed by atoms with Gasteiger partial charge < -0.3 is 19.2 Å². The van der Waals surface area contributed by atoms with E-state index in [-0.39, 0.29) is 17.9 Å². The first-order valence-electron chi connectivity index (χ1n) is 11.3. The van der Waals surface area contributed by atoms with Crippen molar-refractivity contribution < 1.29 is 14.0 Å². The van der Waals surface area contributed by atoms with E-state index in [0.29, 0.717) is 36.7 Å². The molecule has 6 nitrogen and oxygen atoms in total. The normalized spacial score (nSPS) is 11.9. The second-order valence-corrected chi connectivity index (χ2v) is 8.27. The molecule has 0 spiro atoms. The summed E-state index contributed by atoms with van der Waals surface area (Å²) >= 11 is 0. The molecule has 0 radical (unpaired) electrons. The summed E-state index contributed by atoms with van der Waals surface area (Å²) in [6.45, 7) is 9.76. The number of benzene rings is 1. The van der Waals surface area contributed by atoms with E-state index in [2.05, 4.69) is 16.8 Å². The van der Waals surface area contributed by atoms with Crippen LogP contribution in [0.3, 0.4) is 0 Å². The van der Waals surface area contributed by atoms with Gasteiger partial charge in [-0.15, -0.1) is 0 Å². The van der Waals surface area contributed by atoms with E-state index in [9.17, 15) is 9.59 Å². The molecule has 1 N–H and O–H groups in total. The first kappa shape index (κ1) is 23.4. The Morgan fingerprint density at radius 1 is 1.09 bits per heavy atom. The first-order chi connectivity index (χ1) is 15.4. The zero-order chi connectivity index (χ0) is 23.1. The number of hydrogen-bond acceptors (Lipinski definition) is 3. The van der Waals surface area contributed by atoms with Crippen LogP contribution in [0.4, 0.5) is 0 Å². The van der Waals surface area contributed by atoms with Gasteiger partial charge in [0.25, 0.3) is 11.8 Å². The van der Waals surface area contributed by atoms with E-state index in [1.807, 2.05) is 74.3 Å². The van der Waals surface area contributed by atoms with E-state index in [1.165, 1.54) is 0 Å². The lowest BCUT2D eigenvalue weighted by Crippen LogP contribution is -2.32. The topological polar surface area (TPSA) is 67.5 Å². The lowest BCUT2D eigenvalue weighted by atomic mass is 10.1. The predicted octanol–water partition coefficient (Wildman–Crippen LogP) is 5.02. The monoisotopic (exact) mass is 435 g/mol. The predicted molar refractivity (Wildman–Crippen MR) is 126 cm³/mol. The van der Waals surface area contributed by atoms with Crippen molar-refractivity contribution >= 4 is 11.8 Å². The van der Waals surface area contributed by atoms with Gasteiger partial charge in [-0.3, -0.25) is 9.59 Å². The minimum atomic E-state index is -0.198. The van der Waals surface area contributed by atoms with Gasteiger partial charge in [-0.05, 0) is 63.1 Å². The molecular weight excluding hydrogens is 402 g/mol. The molecular formula is C26H33N3O3. The van der Waals surface area contributed by atoms with Gasteiger partial charge in [-0.2, -0.15) is 0 Å². The molecule has 3 rings (SSSR count). The molecule has 3 aromatic rings. The molecule has 0 saturated carbocycles. The van der Waals surface area contributed by atoms with E-state index in [0.717, 1.165) is 24.1 Å². The Hall–Kier alpha value is -3.28. The van der Waals surface area contributed by atoms with Gasteiger partial charge >= 0.3 is 0 Å². The fourth-order valence-corrected chi connectivity index (χ4v) is 3.49. The van der Waals surface area contributed by atoms with Gasteiger partial charge in [0.1, 0.15) is 5.76 Å². The number of furan rings is 1. The van der Waals surface area contributed by atoms with Crippen LogP contribution in [0.2, 0.25) is 0 Å². The van der Waals surface area contributed by atoms with Crippen molar-refractivity contribution in [3.63, 3.8) is 0 Å². The molecule has 0 aliphatic carbocycles. The van der Waals surface area contributed by atoms with Crippen molar-refractivity contribution in [2.24, 2.45) is 0 Å². The van der Waals surface area contributed by atoms with E-state index < -0.39 is 0 Å². The number of carbonyl (C=O) groups is 2. The summed E-state index contributed by atoms with van der Waals surface area (Å²) in [7, 11) is 0. The molecule has 6 heteroatoms. The van der Waals surface area contributed by atoms with Crippen molar-refractivity contribution in [2.45, 2.75) is 59.7 Å². The van der Waals surface area contributed by atoms with Gasteiger partial charge in [0.15, 0.2) is 5.76 Å². The molecule has 0 fully saturated rings. The van der Waals surface area contributed by atoms with Gasteiger partial charge in [0.2, 0.25) is 0 Å². The molecule has 170 valence electrons. The number of aryl methyl sites for hydroxylation is 1. The molecule has 0 bridgehead atoms. The largest absolute Gasteiger partial charge is 0.454 e. The minimum absolute atomic E-state index is 0.0293. The number of rotatable bonds is 10. The Bertz CT molecular complexity index is 1030. The smallest absolute Gasteiger partial charge is 0.287 e. The molecule has 2 heterocycles. The van der Waals surface area contributed by atoms with Crippen LogP contribution in [0, 0.1) is 6.92 Å². The van der Waals surface area contributed by atoms with Gasteiger partial charge in [-0.25, -0.2) is 0 Å². The van der Waals surface area contributed by atoms with Crippen molar-refractivity contribution in [2.75, 3.05) is 6.54 Å². The second-order valence-electron chi connectivity index (χ2n) is 8.27. The van der Waals surface area contributed by atoms with Crippen molar-refractivity contribution in [3.05, 3.63) is 83.1 Å². The summed E-state index contributed by atoms with van der Waals surface area (Å²) in [6, 6.07) is 15.3. The van der Waals surface area contributed by atoms with Crippen LogP contribution < -0.4 is 5.32 Å². The maximum atomic E-state index is 13.1. The molecule has 0 aliphatic rings. The lowest BCUT2D eigenvalue weighted by molar-refractivity contribution is 0.0739. The van der Waals surface area contributed by atoms with Crippen molar-refractivity contribution in [1.82, 2.24) is 14.8 Å². The summed E-state index contributed by atoms with van der Waals surface area (Å²) in [5, 5.41) is 2.92. The summed E-state index contributed by atoms with van der Waals surface area (Å²) in [5.74, 6) is 0.845. The summed E-state index contributed by atoms with van der Waals surface area (Å²) in [6.07, 6.45) is 3.71. The highest BCUT2D eigenvalue weighted by molar-refractivity contribution is 5.94. The van der Waals surface area contributed by atoms with E-state index in [4.69, 9.17) is 4.42 Å². The maximum absolute atomic E-state index is 13.1. The SMILES string of the molecule is CCCN(Cc1cccn1Cc1ccc(C(=O)NC(C)CC)o1)C(=O)c1ccc(C)cc1. The molecule has 0 aliphatic heterocycles. The van der Waals surface area contributed by atoms with Gasteiger partial charge in [0.05, 0.1) is 13.1 Å². The van der Waals surface area contributed by atoms with Crippen LogP contribution in [0.15, 0.2) is 59.1 Å². The molecule has 2 amide bonds. The number of hydrogen-bond donors (Lipinski definition) is 1. The van der Waals surface area contributed by atoms with Crippen molar-refractivity contribution in [1.29, 1.82) is 0 Å². The third-order valence-corrected chi connectivity index (χ3v) is 5.56. The number of amides is 2. The quantitative estimate of drug-likeness (QED) is 0.486. The average molecular weight is 436 g/mol. The Labute approximate surface area is 190 Å². The zero-order valence-electron chi connectivity index (χ0n) is 19.4. The maximum Gasteiger partial charge on any atom is 0.287 e. The zero-order valence-corrected chi connectivity index (χ0v) is 19.4. The molecule has 1 aromatic carbocycles. The summed E-state index contributed by atoms with van der Waals surface area (Å²) in [5.41, 5.74) is 2.85. The van der Waals surface area contributed by atoms with E-state index >= 15 is 0 Å². The highest BCUT2D eigenvalue weighted by Crippen LogP contribution is 2.16. The summed E-state index contributed by atoms with van der Waals surface area (Å²) in [4.78, 5) is 27.3. The molecule has 32 heavy (non-hydrogen) atoms. The van der Waals surface area contributed by atoms with Crippen LogP contribution in [0.5, 0.6) is 0 Å². The minimum Gasteiger partial charge on any atom is -0.454 e. The van der Waals surface area contributed by atoms with Crippen LogP contribution in [0.1, 0.15) is 71.5 Å². The highest BCUT2D eigenvalue weighted by atomic mass is 16.4. The fraction of sp³-hybridized carbons (Fsp3) is 0.385. The Morgan fingerprint density at radius 2 is 1.84 bits per heavy atom. The van der Waals surface area contributed by atoms with Gasteiger partial charge in [0, 0.05) is 30.0 Å². The molecule has 2 aromatic heterocycles. The first-order valence-corrected chi connectivity index (χ1v) is 11.3. The highest BCUT2D eigenvalue weighted by Gasteiger charge is 2.18. The fourth-order valence-electron chi connectivity index (χ4n) is 3.49. The summed E-state index contributed by atoms with van der Waals surface area (Å²) < 4.78 is 7.84. The average Bonchev–Trinajstić information content (AvgIpc) is 3.43. The molecule has 0 saturated heterocycles. The van der Waals surface area contributed by atoms with Gasteiger partial charge in [-0.1, -0.05) is 31.5 Å².